The van der Waals surface area contributed by atoms with Gasteiger partial charge in [0.15, 0.2) is 0 Å². The second-order valence-corrected chi connectivity index (χ2v) is 8.17. The minimum absolute atomic E-state index is 0.253. The van der Waals surface area contributed by atoms with Crippen molar-refractivity contribution in [2.45, 2.75) is 44.8 Å². The Morgan fingerprint density at radius 3 is 2.96 bits per heavy atom. The van der Waals surface area contributed by atoms with Crippen LogP contribution in [0.15, 0.2) is 24.4 Å². The Kier molecular flexibility index (Phi) is 5.46. The Bertz CT molecular complexity index is 795. The third kappa shape index (κ3) is 3.74. The van der Waals surface area contributed by atoms with E-state index < -0.39 is 0 Å². The molecule has 0 radical (unpaired) electrons. The molecule has 0 amide bonds. The van der Waals surface area contributed by atoms with E-state index in [-0.39, 0.29) is 6.04 Å². The molecule has 4 rings (SSSR count). The average molecular weight is 391 g/mol. The van der Waals surface area contributed by atoms with E-state index in [0.29, 0.717) is 10.0 Å². The zero-order valence-electron chi connectivity index (χ0n) is 15.1. The number of halogens is 2. The Labute approximate surface area is 165 Å². The molecular formula is C20H24Cl2N4. The van der Waals surface area contributed by atoms with Crippen LogP contribution in [-0.2, 0) is 19.5 Å². The number of likely N-dealkylation sites (tertiary alicyclic amines) is 1. The van der Waals surface area contributed by atoms with Gasteiger partial charge in [-0.25, -0.2) is 9.97 Å². The van der Waals surface area contributed by atoms with E-state index in [2.05, 4.69) is 22.9 Å². The van der Waals surface area contributed by atoms with Crippen molar-refractivity contribution in [1.29, 1.82) is 0 Å². The highest BCUT2D eigenvalue weighted by Gasteiger charge is 2.28. The predicted molar refractivity (Wildman–Crippen MR) is 106 cm³/mol. The molecule has 1 saturated heterocycles. The van der Waals surface area contributed by atoms with E-state index >= 15 is 0 Å². The second kappa shape index (κ2) is 7.81. The van der Waals surface area contributed by atoms with E-state index in [0.717, 1.165) is 50.4 Å². The van der Waals surface area contributed by atoms with Gasteiger partial charge in [0.05, 0.1) is 16.1 Å². The number of hydrogen-bond donors (Lipinski definition) is 0. The van der Waals surface area contributed by atoms with Crippen molar-refractivity contribution in [3.63, 3.8) is 0 Å². The summed E-state index contributed by atoms with van der Waals surface area (Å²) in [5, 5.41) is 1.28. The van der Waals surface area contributed by atoms with Gasteiger partial charge in [-0.05, 0) is 38.1 Å². The second-order valence-electron chi connectivity index (χ2n) is 7.38. The zero-order valence-corrected chi connectivity index (χ0v) is 16.6. The molecule has 0 bridgehead atoms. The number of aromatic nitrogens is 2. The lowest BCUT2D eigenvalue weighted by Crippen LogP contribution is -2.35. The highest BCUT2D eigenvalue weighted by molar-refractivity contribution is 6.42. The highest BCUT2D eigenvalue weighted by Crippen LogP contribution is 2.33. The first-order valence-corrected chi connectivity index (χ1v) is 10.1. The summed E-state index contributed by atoms with van der Waals surface area (Å²) in [6, 6.07) is 6.12. The fourth-order valence-electron chi connectivity index (χ4n) is 4.00. The first kappa shape index (κ1) is 18.2. The molecule has 1 aromatic heterocycles. The summed E-state index contributed by atoms with van der Waals surface area (Å²) in [7, 11) is 2.15. The molecule has 0 N–H and O–H groups in total. The van der Waals surface area contributed by atoms with Crippen LogP contribution in [0.2, 0.25) is 10.0 Å². The quantitative estimate of drug-likeness (QED) is 0.771. The van der Waals surface area contributed by atoms with Crippen LogP contribution in [0.1, 0.15) is 47.9 Å². The molecule has 1 fully saturated rings. The Hall–Kier alpha value is -1.20. The zero-order chi connectivity index (χ0) is 18.1. The van der Waals surface area contributed by atoms with Crippen molar-refractivity contribution in [3.8, 4) is 0 Å². The Morgan fingerprint density at radius 2 is 2.08 bits per heavy atom. The molecule has 0 aliphatic carbocycles. The van der Waals surface area contributed by atoms with Crippen LogP contribution >= 0.6 is 23.2 Å². The summed E-state index contributed by atoms with van der Waals surface area (Å²) in [4.78, 5) is 14.5. The normalized spacial score (nSPS) is 21.6. The van der Waals surface area contributed by atoms with Crippen LogP contribution < -0.4 is 0 Å². The van der Waals surface area contributed by atoms with Crippen molar-refractivity contribution >= 4 is 23.2 Å². The van der Waals surface area contributed by atoms with Crippen LogP contribution in [0.5, 0.6) is 0 Å². The van der Waals surface area contributed by atoms with Gasteiger partial charge in [-0.15, -0.1) is 0 Å². The Balaban J connectivity index is 1.59. The molecule has 4 nitrogen and oxygen atoms in total. The molecule has 26 heavy (non-hydrogen) atoms. The SMILES string of the molecule is CN1CCc2nc([C@@H]3CCCCN3Cc3cccc(Cl)c3Cl)ncc2C1. The number of hydrogen-bond acceptors (Lipinski definition) is 4. The van der Waals surface area contributed by atoms with E-state index in [9.17, 15) is 0 Å². The van der Waals surface area contributed by atoms with E-state index in [1.165, 1.54) is 24.1 Å². The van der Waals surface area contributed by atoms with Gasteiger partial charge in [-0.2, -0.15) is 0 Å². The maximum Gasteiger partial charge on any atom is 0.145 e. The molecule has 0 spiro atoms. The minimum atomic E-state index is 0.253. The largest absolute Gasteiger partial charge is 0.302 e. The first-order valence-electron chi connectivity index (χ1n) is 9.32. The molecule has 6 heteroatoms. The van der Waals surface area contributed by atoms with Gasteiger partial charge in [0.1, 0.15) is 5.82 Å². The van der Waals surface area contributed by atoms with Crippen LogP contribution in [-0.4, -0.2) is 39.9 Å². The van der Waals surface area contributed by atoms with Gasteiger partial charge in [-0.1, -0.05) is 41.8 Å². The number of rotatable bonds is 3. The van der Waals surface area contributed by atoms with Gasteiger partial charge >= 0.3 is 0 Å². The number of fused-ring (bicyclic) bond motifs is 1. The Morgan fingerprint density at radius 1 is 1.19 bits per heavy atom. The molecule has 3 heterocycles. The van der Waals surface area contributed by atoms with Gasteiger partial charge in [0.25, 0.3) is 0 Å². The predicted octanol–water partition coefficient (Wildman–Crippen LogP) is 4.50. The summed E-state index contributed by atoms with van der Waals surface area (Å²) in [6.45, 7) is 3.84. The van der Waals surface area contributed by atoms with E-state index in [4.69, 9.17) is 33.2 Å². The standard InChI is InChI=1S/C20H24Cl2N4/c1-25-10-8-17-15(12-25)11-23-20(24-17)18-7-2-3-9-26(18)13-14-5-4-6-16(21)19(14)22/h4-6,11,18H,2-3,7-10,12-13H2,1H3/t18-/m0/s1. The third-order valence-electron chi connectivity index (χ3n) is 5.46. The summed E-state index contributed by atoms with van der Waals surface area (Å²) in [5.41, 5.74) is 3.56. The molecule has 0 saturated carbocycles. The first-order chi connectivity index (χ1) is 12.6. The van der Waals surface area contributed by atoms with Crippen molar-refractivity contribution in [2.75, 3.05) is 20.1 Å². The molecule has 138 valence electrons. The smallest absolute Gasteiger partial charge is 0.145 e. The molecular weight excluding hydrogens is 367 g/mol. The van der Waals surface area contributed by atoms with Crippen LogP contribution in [0.3, 0.4) is 0 Å². The number of likely N-dealkylation sites (N-methyl/N-ethyl adjacent to an activating group) is 1. The summed E-state index contributed by atoms with van der Waals surface area (Å²) < 4.78 is 0. The van der Waals surface area contributed by atoms with Crippen molar-refractivity contribution in [1.82, 2.24) is 19.8 Å². The third-order valence-corrected chi connectivity index (χ3v) is 6.32. The van der Waals surface area contributed by atoms with Crippen molar-refractivity contribution in [2.24, 2.45) is 0 Å². The summed E-state index contributed by atoms with van der Waals surface area (Å²) in [5.74, 6) is 0.964. The van der Waals surface area contributed by atoms with Gasteiger partial charge in [0, 0.05) is 43.5 Å². The van der Waals surface area contributed by atoms with Crippen LogP contribution in [0.4, 0.5) is 0 Å². The fraction of sp³-hybridized carbons (Fsp3) is 0.500. The lowest BCUT2D eigenvalue weighted by atomic mass is 9.99. The summed E-state index contributed by atoms with van der Waals surface area (Å²) in [6.07, 6.45) is 6.55. The topological polar surface area (TPSA) is 32.3 Å². The van der Waals surface area contributed by atoms with E-state index in [1.807, 2.05) is 18.3 Å². The molecule has 2 aliphatic heterocycles. The van der Waals surface area contributed by atoms with Gasteiger partial charge < -0.3 is 4.90 Å². The molecule has 2 aromatic rings. The average Bonchev–Trinajstić information content (AvgIpc) is 2.65. The lowest BCUT2D eigenvalue weighted by Gasteiger charge is -2.35. The summed E-state index contributed by atoms with van der Waals surface area (Å²) >= 11 is 12.6. The lowest BCUT2D eigenvalue weighted by molar-refractivity contribution is 0.133. The molecule has 1 atom stereocenters. The van der Waals surface area contributed by atoms with Gasteiger partial charge in [0.2, 0.25) is 0 Å². The molecule has 2 aliphatic rings. The van der Waals surface area contributed by atoms with E-state index in [1.54, 1.807) is 0 Å². The molecule has 1 aromatic carbocycles. The number of nitrogens with zero attached hydrogens (tertiary/aromatic N) is 4. The number of benzene rings is 1. The maximum absolute atomic E-state index is 6.42. The van der Waals surface area contributed by atoms with Crippen LogP contribution in [0, 0.1) is 0 Å². The molecule has 0 unspecified atom stereocenters. The van der Waals surface area contributed by atoms with Crippen molar-refractivity contribution < 1.29 is 0 Å². The monoisotopic (exact) mass is 390 g/mol. The van der Waals surface area contributed by atoms with Crippen molar-refractivity contribution in [3.05, 3.63) is 57.1 Å². The highest BCUT2D eigenvalue weighted by atomic mass is 35.5. The maximum atomic E-state index is 6.42. The van der Waals surface area contributed by atoms with Gasteiger partial charge in [-0.3, -0.25) is 4.90 Å². The van der Waals surface area contributed by atoms with Crippen LogP contribution in [0.25, 0.3) is 0 Å². The fourth-order valence-corrected chi connectivity index (χ4v) is 4.38. The number of piperidine rings is 1. The minimum Gasteiger partial charge on any atom is -0.302 e.